The van der Waals surface area contributed by atoms with Crippen molar-refractivity contribution in [3.05, 3.63) is 47.0 Å². The molecule has 10 nitrogen and oxygen atoms in total. The zero-order valence-corrected chi connectivity index (χ0v) is 23.4. The minimum atomic E-state index is -2.99. The van der Waals surface area contributed by atoms with Gasteiger partial charge >= 0.3 is 6.61 Å². The maximum absolute atomic E-state index is 13.4. The van der Waals surface area contributed by atoms with Crippen molar-refractivity contribution in [2.24, 2.45) is 5.73 Å². The number of halogens is 2. The summed E-state index contributed by atoms with van der Waals surface area (Å²) < 4.78 is 31.7. The Kier molecular flexibility index (Phi) is 8.62. The molecule has 2 fully saturated rings. The van der Waals surface area contributed by atoms with Gasteiger partial charge in [0.05, 0.1) is 11.3 Å². The SMILES string of the molecule is Cc1cnc(Nc2ccc(N3CCC(N4CCN(C)CC4)CC3)cc2OC(F)F)nc1Nc1sccc1C(N)=O. The number of hydrogen-bond donors (Lipinski definition) is 3. The molecule has 2 saturated heterocycles. The number of nitrogens with one attached hydrogen (secondary N) is 2. The Morgan fingerprint density at radius 3 is 2.58 bits per heavy atom. The smallest absolute Gasteiger partial charge is 0.387 e. The highest BCUT2D eigenvalue weighted by Gasteiger charge is 2.27. The van der Waals surface area contributed by atoms with Gasteiger partial charge in [0.15, 0.2) is 5.75 Å². The van der Waals surface area contributed by atoms with Crippen LogP contribution in [0.4, 0.5) is 36.9 Å². The van der Waals surface area contributed by atoms with Crippen LogP contribution in [-0.4, -0.2) is 84.6 Å². The fourth-order valence-electron chi connectivity index (χ4n) is 5.14. The number of piperazine rings is 1. The summed E-state index contributed by atoms with van der Waals surface area (Å²) in [6.07, 6.45) is 3.66. The minimum absolute atomic E-state index is 0.0154. The Balaban J connectivity index is 1.29. The van der Waals surface area contributed by atoms with E-state index in [2.05, 4.69) is 42.3 Å². The van der Waals surface area contributed by atoms with Gasteiger partial charge in [0, 0.05) is 68.8 Å². The van der Waals surface area contributed by atoms with Crippen LogP contribution >= 0.6 is 11.3 Å². The molecule has 4 heterocycles. The number of nitrogens with two attached hydrogens (primary N) is 1. The quantitative estimate of drug-likeness (QED) is 0.347. The second kappa shape index (κ2) is 12.3. The Morgan fingerprint density at radius 2 is 1.88 bits per heavy atom. The van der Waals surface area contributed by atoms with Crippen LogP contribution < -0.4 is 26.0 Å². The predicted octanol–water partition coefficient (Wildman–Crippen LogP) is 4.25. The topological polar surface area (TPSA) is 112 Å². The van der Waals surface area contributed by atoms with E-state index in [0.717, 1.165) is 63.4 Å². The van der Waals surface area contributed by atoms with E-state index in [1.165, 1.54) is 11.3 Å². The molecule has 0 bridgehead atoms. The third-order valence-corrected chi connectivity index (χ3v) is 8.28. The first-order valence-electron chi connectivity index (χ1n) is 13.3. The average Bonchev–Trinajstić information content (AvgIpc) is 3.40. The van der Waals surface area contributed by atoms with Crippen LogP contribution in [0, 0.1) is 6.92 Å². The summed E-state index contributed by atoms with van der Waals surface area (Å²) >= 11 is 1.32. The molecule has 0 spiro atoms. The number of likely N-dealkylation sites (N-methyl/N-ethyl adjacent to an activating group) is 1. The molecule has 2 aromatic heterocycles. The number of benzene rings is 1. The number of carbonyl (C=O) groups excluding carboxylic acids is 1. The first-order chi connectivity index (χ1) is 19.3. The van der Waals surface area contributed by atoms with E-state index >= 15 is 0 Å². The number of thiophene rings is 1. The largest absolute Gasteiger partial charge is 0.433 e. The maximum Gasteiger partial charge on any atom is 0.387 e. The molecule has 0 unspecified atom stereocenters. The predicted molar refractivity (Wildman–Crippen MR) is 154 cm³/mol. The van der Waals surface area contributed by atoms with Crippen molar-refractivity contribution in [3.63, 3.8) is 0 Å². The molecule has 5 rings (SSSR count). The first kappa shape index (κ1) is 28.0. The second-order valence-electron chi connectivity index (χ2n) is 10.1. The third kappa shape index (κ3) is 6.60. The zero-order valence-electron chi connectivity index (χ0n) is 22.6. The van der Waals surface area contributed by atoms with E-state index in [1.807, 2.05) is 13.0 Å². The van der Waals surface area contributed by atoms with Crippen LogP contribution in [0.3, 0.4) is 0 Å². The van der Waals surface area contributed by atoms with Crippen molar-refractivity contribution in [2.75, 3.05) is 61.8 Å². The number of piperidine rings is 1. The van der Waals surface area contributed by atoms with Crippen molar-refractivity contribution >= 4 is 45.4 Å². The molecule has 0 radical (unpaired) electrons. The number of carbonyl (C=O) groups is 1. The fraction of sp³-hybridized carbons (Fsp3) is 0.444. The van der Waals surface area contributed by atoms with Crippen molar-refractivity contribution in [2.45, 2.75) is 32.4 Å². The first-order valence-corrected chi connectivity index (χ1v) is 14.2. The number of anilines is 5. The normalized spacial score (nSPS) is 17.3. The number of aryl methyl sites for hydroxylation is 1. The van der Waals surface area contributed by atoms with Crippen LogP contribution in [0.5, 0.6) is 5.75 Å². The van der Waals surface area contributed by atoms with Gasteiger partial charge in [-0.3, -0.25) is 9.69 Å². The van der Waals surface area contributed by atoms with Crippen molar-refractivity contribution in [1.29, 1.82) is 0 Å². The number of alkyl halides is 2. The number of nitrogens with zero attached hydrogens (tertiary/aromatic N) is 5. The Labute approximate surface area is 236 Å². The van der Waals surface area contributed by atoms with Crippen LogP contribution in [0.15, 0.2) is 35.8 Å². The van der Waals surface area contributed by atoms with Crippen LogP contribution in [0.1, 0.15) is 28.8 Å². The number of rotatable bonds is 9. The highest BCUT2D eigenvalue weighted by Crippen LogP contribution is 2.35. The molecule has 0 atom stereocenters. The summed E-state index contributed by atoms with van der Waals surface area (Å²) in [7, 11) is 2.16. The average molecular weight is 573 g/mol. The van der Waals surface area contributed by atoms with Gasteiger partial charge in [-0.05, 0) is 50.4 Å². The number of hydrogen-bond acceptors (Lipinski definition) is 10. The van der Waals surface area contributed by atoms with Crippen LogP contribution in [0.25, 0.3) is 0 Å². The molecular weight excluding hydrogens is 538 g/mol. The van der Waals surface area contributed by atoms with Crippen molar-refractivity contribution in [1.82, 2.24) is 19.8 Å². The highest BCUT2D eigenvalue weighted by atomic mass is 32.1. The van der Waals surface area contributed by atoms with Gasteiger partial charge < -0.3 is 30.9 Å². The summed E-state index contributed by atoms with van der Waals surface area (Å²) in [6.45, 7) is 4.89. The van der Waals surface area contributed by atoms with E-state index in [9.17, 15) is 13.6 Å². The van der Waals surface area contributed by atoms with E-state index in [4.69, 9.17) is 10.5 Å². The molecule has 0 saturated carbocycles. The number of primary amides is 1. The highest BCUT2D eigenvalue weighted by molar-refractivity contribution is 7.14. The number of aromatic nitrogens is 2. The number of ether oxygens (including phenoxy) is 1. The molecule has 1 amide bonds. The van der Waals surface area contributed by atoms with E-state index in [1.54, 1.807) is 29.8 Å². The second-order valence-corrected chi connectivity index (χ2v) is 11.0. The summed E-state index contributed by atoms with van der Waals surface area (Å²) in [5.41, 5.74) is 7.69. The van der Waals surface area contributed by atoms with E-state index in [0.29, 0.717) is 28.1 Å². The standard InChI is InChI=1S/C27H34F2N8O2S/c1-17-16-31-27(34-24(17)33-25-20(23(30)38)7-14-40-25)32-21-4-3-19(15-22(21)39-26(28)29)36-8-5-18(6-9-36)37-12-10-35(2)11-13-37/h3-4,7,14-16,18,26H,5-6,8-13H2,1-2H3,(H2,30,38)(H2,31,32,33,34). The maximum atomic E-state index is 13.4. The van der Waals surface area contributed by atoms with Gasteiger partial charge in [-0.2, -0.15) is 13.8 Å². The van der Waals surface area contributed by atoms with Gasteiger partial charge in [0.1, 0.15) is 10.8 Å². The molecule has 1 aromatic carbocycles. The lowest BCUT2D eigenvalue weighted by Crippen LogP contribution is -2.52. The van der Waals surface area contributed by atoms with Crippen molar-refractivity contribution < 1.29 is 18.3 Å². The zero-order chi connectivity index (χ0) is 28.2. The third-order valence-electron chi connectivity index (χ3n) is 7.45. The Morgan fingerprint density at radius 1 is 1.12 bits per heavy atom. The molecule has 4 N–H and O–H groups in total. The van der Waals surface area contributed by atoms with Gasteiger partial charge in [-0.25, -0.2) is 4.98 Å². The van der Waals surface area contributed by atoms with Crippen LogP contribution in [-0.2, 0) is 0 Å². The summed E-state index contributed by atoms with van der Waals surface area (Å²) in [5.74, 6) is 0.108. The van der Waals surface area contributed by atoms with Gasteiger partial charge in [-0.15, -0.1) is 11.3 Å². The number of amides is 1. The summed E-state index contributed by atoms with van der Waals surface area (Å²) in [5, 5.41) is 8.44. The molecule has 2 aliphatic rings. The van der Waals surface area contributed by atoms with E-state index < -0.39 is 12.5 Å². The molecule has 3 aromatic rings. The molecule has 0 aliphatic carbocycles. The minimum Gasteiger partial charge on any atom is -0.433 e. The lowest BCUT2D eigenvalue weighted by atomic mass is 10.0. The molecule has 40 heavy (non-hydrogen) atoms. The molecule has 214 valence electrons. The van der Waals surface area contributed by atoms with Gasteiger partial charge in [-0.1, -0.05) is 0 Å². The van der Waals surface area contributed by atoms with Crippen molar-refractivity contribution in [3.8, 4) is 5.75 Å². The summed E-state index contributed by atoms with van der Waals surface area (Å²) in [4.78, 5) is 27.6. The van der Waals surface area contributed by atoms with Gasteiger partial charge in [0.2, 0.25) is 5.95 Å². The van der Waals surface area contributed by atoms with Crippen LogP contribution in [0.2, 0.25) is 0 Å². The van der Waals surface area contributed by atoms with Gasteiger partial charge in [0.25, 0.3) is 5.91 Å². The summed E-state index contributed by atoms with van der Waals surface area (Å²) in [6, 6.07) is 7.44. The molecular formula is C27H34F2N8O2S. The Hall–Kier alpha value is -3.55. The molecule has 2 aliphatic heterocycles. The van der Waals surface area contributed by atoms with E-state index in [-0.39, 0.29) is 11.7 Å². The molecule has 13 heteroatoms. The Bertz CT molecular complexity index is 1320. The monoisotopic (exact) mass is 572 g/mol. The lowest BCUT2D eigenvalue weighted by molar-refractivity contribution is -0.0493. The lowest BCUT2D eigenvalue weighted by Gasteiger charge is -2.42. The fourth-order valence-corrected chi connectivity index (χ4v) is 5.93.